The minimum absolute atomic E-state index is 0.131. The Morgan fingerprint density at radius 3 is 2.85 bits per heavy atom. The van der Waals surface area contributed by atoms with Crippen molar-refractivity contribution in [3.63, 3.8) is 0 Å². The molecule has 0 bridgehead atoms. The zero-order valence-corrected chi connectivity index (χ0v) is 8.46. The first kappa shape index (κ1) is 9.44. The summed E-state index contributed by atoms with van der Waals surface area (Å²) in [6, 6.07) is 0.551. The summed E-state index contributed by atoms with van der Waals surface area (Å²) in [6.07, 6.45) is 3.73. The predicted octanol–water partition coefficient (Wildman–Crippen LogP) is 0.588. The highest BCUT2D eigenvalue weighted by Crippen LogP contribution is 2.30. The van der Waals surface area contributed by atoms with Crippen molar-refractivity contribution >= 4 is 0 Å². The van der Waals surface area contributed by atoms with E-state index in [1.165, 1.54) is 19.3 Å². The molecule has 1 saturated carbocycles. The SMILES string of the molecule is CC1COCCN1CC1(N)CCC1. The van der Waals surface area contributed by atoms with Gasteiger partial charge < -0.3 is 10.5 Å². The Balaban J connectivity index is 1.85. The van der Waals surface area contributed by atoms with Crippen LogP contribution in [0.15, 0.2) is 0 Å². The molecule has 1 heterocycles. The summed E-state index contributed by atoms with van der Waals surface area (Å²) in [4.78, 5) is 2.47. The number of hydrogen-bond acceptors (Lipinski definition) is 3. The average molecular weight is 184 g/mol. The van der Waals surface area contributed by atoms with Crippen LogP contribution in [0.3, 0.4) is 0 Å². The number of nitrogens with two attached hydrogens (primary N) is 1. The summed E-state index contributed by atoms with van der Waals surface area (Å²) in [5, 5.41) is 0. The highest BCUT2D eigenvalue weighted by molar-refractivity contribution is 4.96. The lowest BCUT2D eigenvalue weighted by Gasteiger charge is -2.45. The summed E-state index contributed by atoms with van der Waals surface area (Å²) in [7, 11) is 0. The number of ether oxygens (including phenoxy) is 1. The molecule has 0 aromatic rings. The molecule has 0 spiro atoms. The molecule has 0 amide bonds. The molecule has 1 unspecified atom stereocenters. The zero-order valence-electron chi connectivity index (χ0n) is 8.46. The molecule has 1 saturated heterocycles. The van der Waals surface area contributed by atoms with Crippen molar-refractivity contribution in [3.05, 3.63) is 0 Å². The molecule has 1 aliphatic carbocycles. The fraction of sp³-hybridized carbons (Fsp3) is 1.00. The van der Waals surface area contributed by atoms with Gasteiger partial charge in [0.05, 0.1) is 13.2 Å². The van der Waals surface area contributed by atoms with E-state index in [2.05, 4.69) is 11.8 Å². The molecular weight excluding hydrogens is 164 g/mol. The van der Waals surface area contributed by atoms with Crippen LogP contribution in [0.2, 0.25) is 0 Å². The first-order valence-corrected chi connectivity index (χ1v) is 5.30. The van der Waals surface area contributed by atoms with Gasteiger partial charge in [0, 0.05) is 24.7 Å². The maximum atomic E-state index is 6.21. The van der Waals surface area contributed by atoms with Crippen LogP contribution in [0.4, 0.5) is 0 Å². The Kier molecular flexibility index (Phi) is 2.58. The molecule has 0 radical (unpaired) electrons. The van der Waals surface area contributed by atoms with Crippen LogP contribution in [0.25, 0.3) is 0 Å². The maximum Gasteiger partial charge on any atom is 0.0619 e. The lowest BCUT2D eigenvalue weighted by atomic mass is 9.77. The van der Waals surface area contributed by atoms with Gasteiger partial charge >= 0.3 is 0 Å². The molecule has 1 aliphatic heterocycles. The fourth-order valence-electron chi connectivity index (χ4n) is 2.19. The van der Waals surface area contributed by atoms with E-state index in [-0.39, 0.29) is 5.54 Å². The monoisotopic (exact) mass is 184 g/mol. The topological polar surface area (TPSA) is 38.5 Å². The standard InChI is InChI=1S/C10H20N2O/c1-9-7-13-6-5-12(9)8-10(11)3-2-4-10/h9H,2-8,11H2,1H3. The van der Waals surface area contributed by atoms with E-state index < -0.39 is 0 Å². The quantitative estimate of drug-likeness (QED) is 0.682. The van der Waals surface area contributed by atoms with E-state index in [9.17, 15) is 0 Å². The summed E-state index contributed by atoms with van der Waals surface area (Å²) >= 11 is 0. The molecule has 1 atom stereocenters. The van der Waals surface area contributed by atoms with E-state index in [1.807, 2.05) is 0 Å². The van der Waals surface area contributed by atoms with Gasteiger partial charge in [-0.15, -0.1) is 0 Å². The van der Waals surface area contributed by atoms with E-state index in [0.29, 0.717) is 6.04 Å². The molecule has 0 aromatic heterocycles. The number of morpholine rings is 1. The van der Waals surface area contributed by atoms with Gasteiger partial charge in [-0.25, -0.2) is 0 Å². The summed E-state index contributed by atoms with van der Waals surface area (Å²) in [6.45, 7) is 6.09. The molecule has 3 heteroatoms. The third-order valence-corrected chi connectivity index (χ3v) is 3.37. The van der Waals surface area contributed by atoms with Crippen LogP contribution >= 0.6 is 0 Å². The minimum Gasteiger partial charge on any atom is -0.379 e. The summed E-state index contributed by atoms with van der Waals surface area (Å²) in [5.41, 5.74) is 6.34. The lowest BCUT2D eigenvalue weighted by molar-refractivity contribution is -0.0176. The van der Waals surface area contributed by atoms with Crippen LogP contribution in [-0.4, -0.2) is 42.8 Å². The highest BCUT2D eigenvalue weighted by Gasteiger charge is 2.35. The second-order valence-corrected chi connectivity index (χ2v) is 4.61. The second kappa shape index (κ2) is 3.56. The van der Waals surface area contributed by atoms with Crippen molar-refractivity contribution < 1.29 is 4.74 Å². The van der Waals surface area contributed by atoms with Crippen LogP contribution < -0.4 is 5.73 Å². The van der Waals surface area contributed by atoms with Gasteiger partial charge in [0.2, 0.25) is 0 Å². The van der Waals surface area contributed by atoms with Gasteiger partial charge in [-0.05, 0) is 26.2 Å². The smallest absolute Gasteiger partial charge is 0.0619 e. The van der Waals surface area contributed by atoms with E-state index in [0.717, 1.165) is 26.3 Å². The predicted molar refractivity (Wildman–Crippen MR) is 52.6 cm³/mol. The Hall–Kier alpha value is -0.120. The van der Waals surface area contributed by atoms with Gasteiger partial charge in [0.15, 0.2) is 0 Å². The van der Waals surface area contributed by atoms with Crippen molar-refractivity contribution in [1.29, 1.82) is 0 Å². The van der Waals surface area contributed by atoms with E-state index >= 15 is 0 Å². The van der Waals surface area contributed by atoms with Crippen LogP contribution in [0.1, 0.15) is 26.2 Å². The average Bonchev–Trinajstić information content (AvgIpc) is 2.06. The Bertz CT molecular complexity index is 180. The molecule has 2 aliphatic rings. The van der Waals surface area contributed by atoms with Crippen molar-refractivity contribution in [1.82, 2.24) is 4.90 Å². The normalized spacial score (nSPS) is 34.2. The Morgan fingerprint density at radius 2 is 2.31 bits per heavy atom. The van der Waals surface area contributed by atoms with Gasteiger partial charge in [0.1, 0.15) is 0 Å². The maximum absolute atomic E-state index is 6.21. The van der Waals surface area contributed by atoms with Gasteiger partial charge in [-0.3, -0.25) is 4.90 Å². The molecule has 13 heavy (non-hydrogen) atoms. The zero-order chi connectivity index (χ0) is 9.31. The van der Waals surface area contributed by atoms with Crippen molar-refractivity contribution in [2.24, 2.45) is 5.73 Å². The van der Waals surface area contributed by atoms with Gasteiger partial charge in [-0.2, -0.15) is 0 Å². The minimum atomic E-state index is 0.131. The largest absolute Gasteiger partial charge is 0.379 e. The van der Waals surface area contributed by atoms with E-state index in [4.69, 9.17) is 10.5 Å². The number of nitrogens with zero attached hydrogens (tertiary/aromatic N) is 1. The summed E-state index contributed by atoms with van der Waals surface area (Å²) < 4.78 is 5.40. The van der Waals surface area contributed by atoms with E-state index in [1.54, 1.807) is 0 Å². The molecule has 76 valence electrons. The number of hydrogen-bond donors (Lipinski definition) is 1. The van der Waals surface area contributed by atoms with Gasteiger partial charge in [0.25, 0.3) is 0 Å². The van der Waals surface area contributed by atoms with Crippen LogP contribution in [-0.2, 0) is 4.74 Å². The first-order chi connectivity index (χ1) is 6.20. The Morgan fingerprint density at radius 1 is 1.54 bits per heavy atom. The van der Waals surface area contributed by atoms with Crippen LogP contribution in [0.5, 0.6) is 0 Å². The molecule has 2 rings (SSSR count). The first-order valence-electron chi connectivity index (χ1n) is 5.30. The molecule has 2 N–H and O–H groups in total. The van der Waals surface area contributed by atoms with Gasteiger partial charge in [-0.1, -0.05) is 0 Å². The highest BCUT2D eigenvalue weighted by atomic mass is 16.5. The fourth-order valence-corrected chi connectivity index (χ4v) is 2.19. The second-order valence-electron chi connectivity index (χ2n) is 4.61. The third kappa shape index (κ3) is 2.03. The lowest BCUT2D eigenvalue weighted by Crippen LogP contribution is -2.58. The van der Waals surface area contributed by atoms with Crippen LogP contribution in [0, 0.1) is 0 Å². The van der Waals surface area contributed by atoms with Crippen molar-refractivity contribution in [2.45, 2.75) is 37.8 Å². The van der Waals surface area contributed by atoms with Crippen molar-refractivity contribution in [2.75, 3.05) is 26.3 Å². The van der Waals surface area contributed by atoms with Crippen molar-refractivity contribution in [3.8, 4) is 0 Å². The Labute approximate surface area is 80.2 Å². The number of rotatable bonds is 2. The molecular formula is C10H20N2O. The molecule has 3 nitrogen and oxygen atoms in total. The molecule has 0 aromatic carbocycles. The molecule has 2 fully saturated rings. The third-order valence-electron chi connectivity index (χ3n) is 3.37. The summed E-state index contributed by atoms with van der Waals surface area (Å²) in [5.74, 6) is 0.